The van der Waals surface area contributed by atoms with Gasteiger partial charge in [0.15, 0.2) is 0 Å². The van der Waals surface area contributed by atoms with Gasteiger partial charge in [-0.15, -0.1) is 11.6 Å². The van der Waals surface area contributed by atoms with Crippen LogP contribution >= 0.6 is 11.6 Å². The molecular formula is C7H14ClSi. The van der Waals surface area contributed by atoms with Gasteiger partial charge < -0.3 is 0 Å². The van der Waals surface area contributed by atoms with E-state index in [1.165, 1.54) is 0 Å². The van der Waals surface area contributed by atoms with E-state index in [1.54, 1.807) is 0 Å². The summed E-state index contributed by atoms with van der Waals surface area (Å²) < 4.78 is -0.222. The number of hydrogen-bond donors (Lipinski definition) is 0. The minimum atomic E-state index is -0.222. The van der Waals surface area contributed by atoms with Crippen molar-refractivity contribution in [3.63, 3.8) is 0 Å². The van der Waals surface area contributed by atoms with Gasteiger partial charge in [-0.25, -0.2) is 0 Å². The molecule has 2 heteroatoms. The van der Waals surface area contributed by atoms with Crippen LogP contribution in [0.25, 0.3) is 0 Å². The standard InChI is InChI=1S/C7H14ClSi/c1-5(2)7(8,9)6(3)4/h5-6H,1-4H3. The van der Waals surface area contributed by atoms with Crippen LogP contribution in [0.1, 0.15) is 27.7 Å². The molecular weight excluding hydrogens is 148 g/mol. The topological polar surface area (TPSA) is 0 Å². The van der Waals surface area contributed by atoms with Gasteiger partial charge in [0.1, 0.15) is 0 Å². The Bertz CT molecular complexity index is 76.9. The summed E-state index contributed by atoms with van der Waals surface area (Å²) in [5, 5.41) is 0. The van der Waals surface area contributed by atoms with Crippen LogP contribution in [0.15, 0.2) is 0 Å². The second-order valence-corrected chi connectivity index (χ2v) is 4.85. The fraction of sp³-hybridized carbons (Fsp3) is 1.00. The first-order valence-corrected chi connectivity index (χ1v) is 4.20. The second kappa shape index (κ2) is 3.06. The molecule has 0 aliphatic carbocycles. The summed E-state index contributed by atoms with van der Waals surface area (Å²) in [6, 6.07) is 0. The summed E-state index contributed by atoms with van der Waals surface area (Å²) in [4.78, 5) is 0. The summed E-state index contributed by atoms with van der Waals surface area (Å²) in [5.41, 5.74) is 0. The van der Waals surface area contributed by atoms with Crippen molar-refractivity contribution >= 4 is 21.8 Å². The monoisotopic (exact) mass is 161 g/mol. The van der Waals surface area contributed by atoms with Crippen molar-refractivity contribution in [1.82, 2.24) is 0 Å². The lowest BCUT2D eigenvalue weighted by Gasteiger charge is -2.30. The van der Waals surface area contributed by atoms with Crippen LogP contribution in [0.3, 0.4) is 0 Å². The molecule has 0 fully saturated rings. The van der Waals surface area contributed by atoms with Crippen molar-refractivity contribution in [2.24, 2.45) is 11.8 Å². The molecule has 0 saturated carbocycles. The van der Waals surface area contributed by atoms with E-state index in [4.69, 9.17) is 11.6 Å². The molecule has 0 aromatic rings. The van der Waals surface area contributed by atoms with E-state index in [2.05, 4.69) is 37.9 Å². The SMILES string of the molecule is CC(C)C([Si])(Cl)C(C)C. The van der Waals surface area contributed by atoms with E-state index in [9.17, 15) is 0 Å². The van der Waals surface area contributed by atoms with Crippen molar-refractivity contribution in [1.29, 1.82) is 0 Å². The van der Waals surface area contributed by atoms with Gasteiger partial charge in [0.25, 0.3) is 0 Å². The Morgan fingerprint density at radius 2 is 1.33 bits per heavy atom. The Kier molecular flexibility index (Phi) is 3.24. The van der Waals surface area contributed by atoms with Crippen LogP contribution in [0.5, 0.6) is 0 Å². The molecule has 0 aliphatic heterocycles. The highest BCUT2D eigenvalue weighted by atomic mass is 35.5. The van der Waals surface area contributed by atoms with Gasteiger partial charge >= 0.3 is 0 Å². The molecule has 9 heavy (non-hydrogen) atoms. The Labute approximate surface area is 66.4 Å². The minimum Gasteiger partial charge on any atom is -0.123 e. The lowest BCUT2D eigenvalue weighted by Crippen LogP contribution is -2.34. The van der Waals surface area contributed by atoms with Crippen LogP contribution in [-0.4, -0.2) is 14.7 Å². The summed E-state index contributed by atoms with van der Waals surface area (Å²) in [6.07, 6.45) is 0. The number of rotatable bonds is 2. The fourth-order valence-electron chi connectivity index (χ4n) is 0.667. The molecule has 0 spiro atoms. The van der Waals surface area contributed by atoms with Gasteiger partial charge in [-0.3, -0.25) is 0 Å². The molecule has 0 nitrogen and oxygen atoms in total. The van der Waals surface area contributed by atoms with E-state index >= 15 is 0 Å². The first kappa shape index (κ1) is 9.51. The Balaban J connectivity index is 4.01. The van der Waals surface area contributed by atoms with Gasteiger partial charge in [0, 0.05) is 4.50 Å². The number of halogens is 1. The lowest BCUT2D eigenvalue weighted by atomic mass is 9.99. The summed E-state index contributed by atoms with van der Waals surface area (Å²) in [6.45, 7) is 8.44. The lowest BCUT2D eigenvalue weighted by molar-refractivity contribution is 0.432. The summed E-state index contributed by atoms with van der Waals surface area (Å²) >= 11 is 6.12. The molecule has 0 bridgehead atoms. The van der Waals surface area contributed by atoms with Crippen LogP contribution in [0.4, 0.5) is 0 Å². The van der Waals surface area contributed by atoms with Crippen molar-refractivity contribution < 1.29 is 0 Å². The molecule has 0 rings (SSSR count). The Morgan fingerprint density at radius 3 is 1.33 bits per heavy atom. The highest BCUT2D eigenvalue weighted by molar-refractivity contribution is 6.45. The van der Waals surface area contributed by atoms with Gasteiger partial charge in [0.2, 0.25) is 0 Å². The van der Waals surface area contributed by atoms with Crippen molar-refractivity contribution in [2.75, 3.05) is 0 Å². The van der Waals surface area contributed by atoms with E-state index in [0.717, 1.165) is 0 Å². The third kappa shape index (κ3) is 2.30. The molecule has 0 unspecified atom stereocenters. The van der Waals surface area contributed by atoms with E-state index < -0.39 is 0 Å². The zero-order valence-electron chi connectivity index (χ0n) is 6.53. The van der Waals surface area contributed by atoms with E-state index in [-0.39, 0.29) is 4.50 Å². The predicted molar refractivity (Wildman–Crippen MR) is 44.0 cm³/mol. The van der Waals surface area contributed by atoms with E-state index in [0.29, 0.717) is 11.8 Å². The van der Waals surface area contributed by atoms with Gasteiger partial charge in [-0.2, -0.15) is 0 Å². The molecule has 3 radical (unpaired) electrons. The maximum absolute atomic E-state index is 6.12. The summed E-state index contributed by atoms with van der Waals surface area (Å²) in [5.74, 6) is 0.937. The molecule has 0 atom stereocenters. The van der Waals surface area contributed by atoms with Crippen molar-refractivity contribution in [3.8, 4) is 0 Å². The first-order valence-electron chi connectivity index (χ1n) is 3.33. The highest BCUT2D eigenvalue weighted by Crippen LogP contribution is 2.29. The highest BCUT2D eigenvalue weighted by Gasteiger charge is 2.28. The molecule has 0 saturated heterocycles. The molecule has 0 aromatic carbocycles. The minimum absolute atomic E-state index is 0.222. The van der Waals surface area contributed by atoms with Crippen LogP contribution in [-0.2, 0) is 0 Å². The van der Waals surface area contributed by atoms with Crippen LogP contribution in [0.2, 0.25) is 0 Å². The zero-order chi connectivity index (χ0) is 7.65. The smallest absolute Gasteiger partial charge is 0.0542 e. The fourth-order valence-corrected chi connectivity index (χ4v) is 0.667. The molecule has 0 aromatic heterocycles. The molecule has 0 N–H and O–H groups in total. The zero-order valence-corrected chi connectivity index (χ0v) is 8.29. The van der Waals surface area contributed by atoms with Gasteiger partial charge in [-0.1, -0.05) is 27.7 Å². The van der Waals surface area contributed by atoms with Gasteiger partial charge in [-0.05, 0) is 11.8 Å². The van der Waals surface area contributed by atoms with Crippen molar-refractivity contribution in [2.45, 2.75) is 32.2 Å². The Hall–Kier alpha value is 0.507. The molecule has 0 amide bonds. The maximum Gasteiger partial charge on any atom is 0.0542 e. The molecule has 0 heterocycles. The predicted octanol–water partition coefficient (Wildman–Crippen LogP) is 2.40. The van der Waals surface area contributed by atoms with E-state index in [1.807, 2.05) is 0 Å². The average molecular weight is 162 g/mol. The molecule has 53 valence electrons. The third-order valence-electron chi connectivity index (χ3n) is 1.68. The number of alkyl halides is 1. The second-order valence-electron chi connectivity index (χ2n) is 3.08. The van der Waals surface area contributed by atoms with Crippen LogP contribution in [0, 0.1) is 11.8 Å². The molecule has 0 aliphatic rings. The van der Waals surface area contributed by atoms with Gasteiger partial charge in [0.05, 0.1) is 10.2 Å². The quantitative estimate of drug-likeness (QED) is 0.431. The van der Waals surface area contributed by atoms with Crippen molar-refractivity contribution in [3.05, 3.63) is 0 Å². The number of hydrogen-bond acceptors (Lipinski definition) is 0. The first-order chi connectivity index (χ1) is 3.89. The van der Waals surface area contributed by atoms with Crippen LogP contribution < -0.4 is 0 Å². The normalized spacial score (nSPS) is 13.3. The largest absolute Gasteiger partial charge is 0.123 e. The summed E-state index contributed by atoms with van der Waals surface area (Å²) in [7, 11) is 3.53. The maximum atomic E-state index is 6.12. The third-order valence-corrected chi connectivity index (χ3v) is 3.71. The average Bonchev–Trinajstić information content (AvgIpc) is 1.65. The Morgan fingerprint density at radius 1 is 1.11 bits per heavy atom.